The predicted molar refractivity (Wildman–Crippen MR) is 140 cm³/mol. The van der Waals surface area contributed by atoms with Gasteiger partial charge < -0.3 is 10.2 Å². The van der Waals surface area contributed by atoms with Crippen molar-refractivity contribution < 1.29 is 9.72 Å². The van der Waals surface area contributed by atoms with Gasteiger partial charge in [0.2, 0.25) is 4.96 Å². The van der Waals surface area contributed by atoms with Crippen molar-refractivity contribution in [3.05, 3.63) is 69.5 Å². The minimum atomic E-state index is -0.502. The Hall–Kier alpha value is -3.97. The smallest absolute Gasteiger partial charge is 0.293 e. The molecule has 2 N–H and O–H groups in total. The highest BCUT2D eigenvalue weighted by Crippen LogP contribution is 2.31. The number of nitrogens with zero attached hydrogens (tertiary/aromatic N) is 6. The second kappa shape index (κ2) is 9.95. The minimum Gasteiger partial charge on any atom is -0.366 e. The van der Waals surface area contributed by atoms with E-state index in [2.05, 4.69) is 25.9 Å². The number of hydrogen-bond acceptors (Lipinski definition) is 9. The number of fused-ring (bicyclic) bond motifs is 1. The molecule has 0 bridgehead atoms. The van der Waals surface area contributed by atoms with Crippen LogP contribution in [0.3, 0.4) is 0 Å². The zero-order chi connectivity index (χ0) is 25.2. The molecule has 2 aromatic carbocycles. The Labute approximate surface area is 215 Å². The molecule has 1 amide bonds. The summed E-state index contributed by atoms with van der Waals surface area (Å²) in [4.78, 5) is 26.5. The van der Waals surface area contributed by atoms with Crippen LogP contribution in [-0.2, 0) is 6.54 Å². The van der Waals surface area contributed by atoms with Crippen LogP contribution >= 0.6 is 23.6 Å². The van der Waals surface area contributed by atoms with Gasteiger partial charge in [-0.1, -0.05) is 35.6 Å². The molecule has 1 fully saturated rings. The largest absolute Gasteiger partial charge is 0.366 e. The number of rotatable bonds is 6. The first kappa shape index (κ1) is 23.8. The standard InChI is InChI=1S/C23H22N8O3S2/c1-14-26-27-23-30(14)28-21(36-23)16-6-4-15(5-7-16)13-24-22(35)25-20(32)17-8-9-18(19(12-17)31(33)34)29-10-2-3-11-29/h4-9,12H,2-3,10-11,13H2,1H3,(H2,24,25,32,35). The van der Waals surface area contributed by atoms with E-state index in [9.17, 15) is 14.9 Å². The molecule has 2 aromatic heterocycles. The van der Waals surface area contributed by atoms with Crippen molar-refractivity contribution >= 4 is 50.9 Å². The van der Waals surface area contributed by atoms with E-state index in [1.165, 1.54) is 17.4 Å². The molecule has 3 heterocycles. The van der Waals surface area contributed by atoms with Gasteiger partial charge in [-0.05, 0) is 49.7 Å². The highest BCUT2D eigenvalue weighted by molar-refractivity contribution is 7.80. The topological polar surface area (TPSA) is 131 Å². The summed E-state index contributed by atoms with van der Waals surface area (Å²) in [6.07, 6.45) is 2.00. The van der Waals surface area contributed by atoms with Crippen molar-refractivity contribution in [1.82, 2.24) is 30.4 Å². The van der Waals surface area contributed by atoms with Crippen LogP contribution < -0.4 is 15.5 Å². The lowest BCUT2D eigenvalue weighted by Gasteiger charge is -2.18. The Kier molecular flexibility index (Phi) is 6.57. The summed E-state index contributed by atoms with van der Waals surface area (Å²) < 4.78 is 1.71. The molecule has 1 aliphatic rings. The third-order valence-corrected chi connectivity index (χ3v) is 7.10. The second-order valence-corrected chi connectivity index (χ2v) is 9.70. The molecule has 13 heteroatoms. The molecule has 0 saturated carbocycles. The van der Waals surface area contributed by atoms with E-state index in [0.29, 0.717) is 12.2 Å². The first-order valence-corrected chi connectivity index (χ1v) is 12.5. The van der Waals surface area contributed by atoms with E-state index in [0.717, 1.165) is 52.9 Å². The Balaban J connectivity index is 1.19. The number of amides is 1. The number of nitrogens with one attached hydrogen (secondary N) is 2. The number of anilines is 1. The van der Waals surface area contributed by atoms with Crippen LogP contribution in [0.5, 0.6) is 0 Å². The number of hydrogen-bond donors (Lipinski definition) is 2. The maximum absolute atomic E-state index is 12.7. The van der Waals surface area contributed by atoms with Crippen LogP contribution in [0.4, 0.5) is 11.4 Å². The van der Waals surface area contributed by atoms with Crippen molar-refractivity contribution in [2.45, 2.75) is 26.3 Å². The molecular formula is C23H22N8O3S2. The molecule has 11 nitrogen and oxygen atoms in total. The summed E-state index contributed by atoms with van der Waals surface area (Å²) in [6.45, 7) is 3.80. The fourth-order valence-electron chi connectivity index (χ4n) is 4.03. The van der Waals surface area contributed by atoms with E-state index < -0.39 is 10.8 Å². The van der Waals surface area contributed by atoms with Crippen molar-refractivity contribution in [2.75, 3.05) is 18.0 Å². The third kappa shape index (κ3) is 4.88. The average Bonchev–Trinajstić information content (AvgIpc) is 3.62. The Bertz CT molecular complexity index is 1460. The third-order valence-electron chi connectivity index (χ3n) is 5.91. The maximum atomic E-state index is 12.7. The number of aryl methyl sites for hydroxylation is 1. The van der Waals surface area contributed by atoms with Gasteiger partial charge in [0.05, 0.1) is 4.92 Å². The highest BCUT2D eigenvalue weighted by atomic mass is 32.1. The quantitative estimate of drug-likeness (QED) is 0.222. The van der Waals surface area contributed by atoms with Crippen LogP contribution in [-0.4, -0.2) is 48.8 Å². The van der Waals surface area contributed by atoms with E-state index >= 15 is 0 Å². The van der Waals surface area contributed by atoms with Gasteiger partial charge in [-0.2, -0.15) is 9.61 Å². The molecular weight excluding hydrogens is 500 g/mol. The fourth-order valence-corrected chi connectivity index (χ4v) is 5.09. The van der Waals surface area contributed by atoms with Crippen molar-refractivity contribution in [1.29, 1.82) is 0 Å². The summed E-state index contributed by atoms with van der Waals surface area (Å²) in [5.74, 6) is 0.235. The molecule has 4 aromatic rings. The second-order valence-electron chi connectivity index (χ2n) is 8.34. The molecule has 0 radical (unpaired) electrons. The van der Waals surface area contributed by atoms with Crippen molar-refractivity contribution in [3.63, 3.8) is 0 Å². The van der Waals surface area contributed by atoms with Crippen LogP contribution in [0.1, 0.15) is 34.6 Å². The molecule has 36 heavy (non-hydrogen) atoms. The lowest BCUT2D eigenvalue weighted by molar-refractivity contribution is -0.384. The molecule has 1 aliphatic heterocycles. The average molecular weight is 523 g/mol. The van der Waals surface area contributed by atoms with E-state index in [-0.39, 0.29) is 16.4 Å². The number of nitro benzene ring substituents is 1. The zero-order valence-corrected chi connectivity index (χ0v) is 20.9. The number of carbonyl (C=O) groups excluding carboxylic acids is 1. The number of benzene rings is 2. The molecule has 1 saturated heterocycles. The first-order valence-electron chi connectivity index (χ1n) is 11.3. The van der Waals surface area contributed by atoms with Crippen molar-refractivity contribution in [2.24, 2.45) is 0 Å². The van der Waals surface area contributed by atoms with Crippen LogP contribution in [0.2, 0.25) is 0 Å². The highest BCUT2D eigenvalue weighted by Gasteiger charge is 2.24. The van der Waals surface area contributed by atoms with Gasteiger partial charge in [0.25, 0.3) is 11.6 Å². The normalized spacial score (nSPS) is 13.2. The summed E-state index contributed by atoms with van der Waals surface area (Å²) >= 11 is 6.72. The molecule has 5 rings (SSSR count). The van der Waals surface area contributed by atoms with Gasteiger partial charge in [0.15, 0.2) is 10.9 Å². The van der Waals surface area contributed by atoms with Gasteiger partial charge in [-0.25, -0.2) is 0 Å². The Morgan fingerprint density at radius 1 is 1.17 bits per heavy atom. The van der Waals surface area contributed by atoms with Gasteiger partial charge in [0.1, 0.15) is 10.7 Å². The summed E-state index contributed by atoms with van der Waals surface area (Å²) in [7, 11) is 0. The minimum absolute atomic E-state index is 0.0801. The van der Waals surface area contributed by atoms with Crippen LogP contribution in [0, 0.1) is 17.0 Å². The first-order chi connectivity index (χ1) is 17.4. The van der Waals surface area contributed by atoms with Crippen LogP contribution in [0.25, 0.3) is 15.5 Å². The van der Waals surface area contributed by atoms with Gasteiger partial charge >= 0.3 is 0 Å². The number of nitro groups is 1. The van der Waals surface area contributed by atoms with Gasteiger partial charge in [-0.15, -0.1) is 10.2 Å². The Morgan fingerprint density at radius 2 is 1.92 bits per heavy atom. The molecule has 0 atom stereocenters. The fraction of sp³-hybridized carbons (Fsp3) is 0.261. The number of thiocarbonyl (C=S) groups is 1. The zero-order valence-electron chi connectivity index (χ0n) is 19.3. The lowest BCUT2D eigenvalue weighted by atomic mass is 10.1. The van der Waals surface area contributed by atoms with E-state index in [1.807, 2.05) is 36.1 Å². The molecule has 0 unspecified atom stereocenters. The maximum Gasteiger partial charge on any atom is 0.293 e. The Morgan fingerprint density at radius 3 is 2.61 bits per heavy atom. The number of carbonyl (C=O) groups is 1. The molecule has 0 aliphatic carbocycles. The van der Waals surface area contributed by atoms with Gasteiger partial charge in [-0.3, -0.25) is 20.2 Å². The lowest BCUT2D eigenvalue weighted by Crippen LogP contribution is -2.38. The van der Waals surface area contributed by atoms with E-state index in [1.54, 1.807) is 16.6 Å². The summed E-state index contributed by atoms with van der Waals surface area (Å²) in [5.41, 5.74) is 2.56. The van der Waals surface area contributed by atoms with Crippen LogP contribution in [0.15, 0.2) is 42.5 Å². The monoisotopic (exact) mass is 522 g/mol. The molecule has 0 spiro atoms. The van der Waals surface area contributed by atoms with E-state index in [4.69, 9.17) is 12.2 Å². The molecule has 184 valence electrons. The predicted octanol–water partition coefficient (Wildman–Crippen LogP) is 3.47. The summed E-state index contributed by atoms with van der Waals surface area (Å²) in [5, 5.41) is 30.8. The van der Waals surface area contributed by atoms with Gasteiger partial charge in [0, 0.05) is 36.8 Å². The number of aromatic nitrogens is 4. The van der Waals surface area contributed by atoms with Crippen molar-refractivity contribution in [3.8, 4) is 10.6 Å². The SMILES string of the molecule is Cc1nnc2sc(-c3ccc(CNC(=S)NC(=O)c4ccc(N5CCCC5)c([N+](=O)[O-])c4)cc3)nn12. The summed E-state index contributed by atoms with van der Waals surface area (Å²) in [6, 6.07) is 12.3.